The van der Waals surface area contributed by atoms with E-state index in [1.54, 1.807) is 4.90 Å². The predicted molar refractivity (Wildman–Crippen MR) is 75.4 cm³/mol. The Morgan fingerprint density at radius 2 is 2.00 bits per heavy atom. The maximum Gasteiger partial charge on any atom is 0.246 e. The highest BCUT2D eigenvalue weighted by Crippen LogP contribution is 2.31. The van der Waals surface area contributed by atoms with Crippen molar-refractivity contribution in [2.24, 2.45) is 11.8 Å². The van der Waals surface area contributed by atoms with Gasteiger partial charge in [-0.05, 0) is 31.8 Å². The number of hydrogen-bond donors (Lipinski definition) is 1. The van der Waals surface area contributed by atoms with E-state index in [-0.39, 0.29) is 17.9 Å². The number of carbonyl (C=O) groups excluding carboxylic acids is 1. The van der Waals surface area contributed by atoms with E-state index in [0.29, 0.717) is 12.5 Å². The minimum absolute atomic E-state index is 0.0404. The first kappa shape index (κ1) is 14.3. The van der Waals surface area contributed by atoms with Gasteiger partial charge in [0.1, 0.15) is 6.23 Å². The summed E-state index contributed by atoms with van der Waals surface area (Å²) < 4.78 is 0. The fourth-order valence-electron chi connectivity index (χ4n) is 3.08. The molecule has 0 spiro atoms. The fraction of sp³-hybridized carbons (Fsp3) is 0.667. The van der Waals surface area contributed by atoms with Crippen LogP contribution in [0.15, 0.2) is 25.3 Å². The fourth-order valence-corrected chi connectivity index (χ4v) is 3.08. The summed E-state index contributed by atoms with van der Waals surface area (Å²) in [5.74, 6) is 0.701. The van der Waals surface area contributed by atoms with Crippen molar-refractivity contribution in [2.75, 3.05) is 19.6 Å². The molecule has 2 saturated heterocycles. The van der Waals surface area contributed by atoms with Gasteiger partial charge in [0.15, 0.2) is 0 Å². The molecule has 0 aliphatic carbocycles. The van der Waals surface area contributed by atoms with Crippen LogP contribution in [0.2, 0.25) is 0 Å². The second-order valence-electron chi connectivity index (χ2n) is 5.62. The minimum atomic E-state index is -0.436. The number of piperidine rings is 1. The first-order chi connectivity index (χ1) is 9.08. The molecule has 0 aromatic rings. The van der Waals surface area contributed by atoms with Crippen molar-refractivity contribution in [3.8, 4) is 0 Å². The summed E-state index contributed by atoms with van der Waals surface area (Å²) in [7, 11) is 0. The molecule has 2 rings (SSSR count). The molecule has 2 aliphatic heterocycles. The Morgan fingerprint density at radius 3 is 2.47 bits per heavy atom. The van der Waals surface area contributed by atoms with E-state index in [1.165, 1.54) is 6.08 Å². The van der Waals surface area contributed by atoms with Crippen molar-refractivity contribution in [3.05, 3.63) is 25.3 Å². The summed E-state index contributed by atoms with van der Waals surface area (Å²) in [6, 6.07) is 0.0950. The number of allylic oxidation sites excluding steroid dienone is 1. The molecule has 19 heavy (non-hydrogen) atoms. The molecule has 0 aromatic carbocycles. The summed E-state index contributed by atoms with van der Waals surface area (Å²) in [5.41, 5.74) is 0. The van der Waals surface area contributed by atoms with Gasteiger partial charge in [-0.15, -0.1) is 6.58 Å². The van der Waals surface area contributed by atoms with Gasteiger partial charge < -0.3 is 10.0 Å². The molecule has 106 valence electrons. The smallest absolute Gasteiger partial charge is 0.246 e. The molecule has 3 atom stereocenters. The number of likely N-dealkylation sites (tertiary alicyclic amines) is 2. The summed E-state index contributed by atoms with van der Waals surface area (Å²) >= 11 is 0. The monoisotopic (exact) mass is 264 g/mol. The number of hydrogen-bond acceptors (Lipinski definition) is 3. The molecular formula is C15H24N2O2. The second-order valence-corrected chi connectivity index (χ2v) is 5.62. The van der Waals surface area contributed by atoms with Crippen LogP contribution >= 0.6 is 0 Å². The van der Waals surface area contributed by atoms with Crippen LogP contribution in [0.1, 0.15) is 19.8 Å². The largest absolute Gasteiger partial charge is 0.378 e. The summed E-state index contributed by atoms with van der Waals surface area (Å²) in [4.78, 5) is 15.4. The molecule has 2 fully saturated rings. The van der Waals surface area contributed by atoms with E-state index in [1.807, 2.05) is 13.0 Å². The number of aliphatic hydroxyl groups excluding tert-OH is 1. The number of rotatable bonds is 4. The lowest BCUT2D eigenvalue weighted by molar-refractivity contribution is -0.155. The van der Waals surface area contributed by atoms with Gasteiger partial charge in [0.2, 0.25) is 5.91 Å². The molecule has 1 N–H and O–H groups in total. The van der Waals surface area contributed by atoms with Crippen LogP contribution in [0, 0.1) is 11.8 Å². The van der Waals surface area contributed by atoms with Crippen LogP contribution in [0.25, 0.3) is 0 Å². The van der Waals surface area contributed by atoms with Crippen LogP contribution in [0.4, 0.5) is 0 Å². The highest BCUT2D eigenvalue weighted by Gasteiger charge is 2.44. The Balaban J connectivity index is 1.85. The second kappa shape index (κ2) is 5.88. The average molecular weight is 264 g/mol. The number of carbonyl (C=O) groups is 1. The zero-order chi connectivity index (χ0) is 14.0. The lowest BCUT2D eigenvalue weighted by Crippen LogP contribution is -2.64. The Morgan fingerprint density at radius 1 is 1.37 bits per heavy atom. The molecule has 0 bridgehead atoms. The van der Waals surface area contributed by atoms with Gasteiger partial charge in [-0.3, -0.25) is 9.69 Å². The van der Waals surface area contributed by atoms with Gasteiger partial charge in [0.25, 0.3) is 0 Å². The molecule has 0 radical (unpaired) electrons. The molecule has 1 amide bonds. The van der Waals surface area contributed by atoms with Crippen molar-refractivity contribution in [1.29, 1.82) is 0 Å². The first-order valence-electron chi connectivity index (χ1n) is 7.06. The SMILES string of the molecule is C=CC(=O)N1CC(C(O)N2CCC(C=C)CC2)C1C. The molecule has 2 heterocycles. The molecular weight excluding hydrogens is 240 g/mol. The van der Waals surface area contributed by atoms with Gasteiger partial charge in [-0.25, -0.2) is 0 Å². The zero-order valence-corrected chi connectivity index (χ0v) is 11.7. The maximum absolute atomic E-state index is 11.5. The van der Waals surface area contributed by atoms with Crippen LogP contribution in [-0.4, -0.2) is 52.7 Å². The lowest BCUT2D eigenvalue weighted by atomic mass is 9.86. The van der Waals surface area contributed by atoms with Gasteiger partial charge in [0.05, 0.1) is 0 Å². The molecule has 3 unspecified atom stereocenters. The van der Waals surface area contributed by atoms with E-state index in [0.717, 1.165) is 25.9 Å². The van der Waals surface area contributed by atoms with Crippen LogP contribution in [-0.2, 0) is 4.79 Å². The molecule has 4 nitrogen and oxygen atoms in total. The Hall–Kier alpha value is -1.13. The summed E-state index contributed by atoms with van der Waals surface area (Å²) in [5, 5.41) is 10.4. The number of amides is 1. The Kier molecular flexibility index (Phi) is 4.42. The van der Waals surface area contributed by atoms with Crippen molar-refractivity contribution in [3.63, 3.8) is 0 Å². The molecule has 0 aromatic heterocycles. The third-order valence-electron chi connectivity index (χ3n) is 4.64. The zero-order valence-electron chi connectivity index (χ0n) is 11.7. The normalized spacial score (nSPS) is 30.5. The summed E-state index contributed by atoms with van der Waals surface area (Å²) in [6.45, 7) is 11.8. The standard InChI is InChI=1S/C15H24N2O2/c1-4-12-6-8-16(9-7-12)15(19)13-10-17(11(13)3)14(18)5-2/h4-5,11-13,15,19H,1-2,6-10H2,3H3. The highest BCUT2D eigenvalue weighted by atomic mass is 16.3. The topological polar surface area (TPSA) is 43.8 Å². The lowest BCUT2D eigenvalue weighted by Gasteiger charge is -2.50. The number of aliphatic hydroxyl groups is 1. The van der Waals surface area contributed by atoms with E-state index in [2.05, 4.69) is 18.1 Å². The van der Waals surface area contributed by atoms with Crippen molar-refractivity contribution in [1.82, 2.24) is 9.80 Å². The van der Waals surface area contributed by atoms with Gasteiger partial charge in [-0.1, -0.05) is 12.7 Å². The van der Waals surface area contributed by atoms with Gasteiger partial charge >= 0.3 is 0 Å². The van der Waals surface area contributed by atoms with Gasteiger partial charge in [0, 0.05) is 31.6 Å². The minimum Gasteiger partial charge on any atom is -0.378 e. The van der Waals surface area contributed by atoms with E-state index in [9.17, 15) is 9.90 Å². The van der Waals surface area contributed by atoms with Crippen molar-refractivity contribution >= 4 is 5.91 Å². The number of nitrogens with zero attached hydrogens (tertiary/aromatic N) is 2. The molecule has 2 aliphatic rings. The van der Waals surface area contributed by atoms with E-state index >= 15 is 0 Å². The Bertz CT molecular complexity index is 361. The third kappa shape index (κ3) is 2.74. The van der Waals surface area contributed by atoms with Crippen molar-refractivity contribution in [2.45, 2.75) is 32.0 Å². The highest BCUT2D eigenvalue weighted by molar-refractivity contribution is 5.87. The summed E-state index contributed by atoms with van der Waals surface area (Å²) in [6.07, 6.45) is 5.05. The van der Waals surface area contributed by atoms with E-state index in [4.69, 9.17) is 0 Å². The third-order valence-corrected chi connectivity index (χ3v) is 4.64. The van der Waals surface area contributed by atoms with Crippen LogP contribution in [0.3, 0.4) is 0 Å². The van der Waals surface area contributed by atoms with Crippen LogP contribution in [0.5, 0.6) is 0 Å². The van der Waals surface area contributed by atoms with E-state index < -0.39 is 6.23 Å². The quantitative estimate of drug-likeness (QED) is 0.613. The molecule has 4 heteroatoms. The average Bonchev–Trinajstić information content (AvgIpc) is 2.45. The molecule has 0 saturated carbocycles. The first-order valence-corrected chi connectivity index (χ1v) is 7.06. The predicted octanol–water partition coefficient (Wildman–Crippen LogP) is 1.24. The van der Waals surface area contributed by atoms with Crippen LogP contribution < -0.4 is 0 Å². The van der Waals surface area contributed by atoms with Gasteiger partial charge in [-0.2, -0.15) is 0 Å². The maximum atomic E-state index is 11.5. The van der Waals surface area contributed by atoms with Crippen molar-refractivity contribution < 1.29 is 9.90 Å². The Labute approximate surface area is 115 Å².